The van der Waals surface area contributed by atoms with E-state index in [0.717, 1.165) is 12.0 Å². The normalized spacial score (nSPS) is 20.0. The Hall–Kier alpha value is -1.62. The van der Waals surface area contributed by atoms with E-state index in [9.17, 15) is 9.18 Å². The highest BCUT2D eigenvalue weighted by Gasteiger charge is 2.37. The Morgan fingerprint density at radius 1 is 1.45 bits per heavy atom. The van der Waals surface area contributed by atoms with Crippen LogP contribution in [0.2, 0.25) is 0 Å². The van der Waals surface area contributed by atoms with E-state index in [4.69, 9.17) is 14.2 Å². The van der Waals surface area contributed by atoms with Gasteiger partial charge in [0.1, 0.15) is 0 Å². The first-order chi connectivity index (χ1) is 10.4. The van der Waals surface area contributed by atoms with Crippen LogP contribution in [0.5, 0.6) is 5.75 Å². The Kier molecular flexibility index (Phi) is 5.06. The molecule has 1 unspecified atom stereocenters. The van der Waals surface area contributed by atoms with Crippen LogP contribution >= 0.6 is 0 Å². The summed E-state index contributed by atoms with van der Waals surface area (Å²) in [6, 6.07) is 3.31. The smallest absolute Gasteiger partial charge is 0.310 e. The predicted molar refractivity (Wildman–Crippen MR) is 80.7 cm³/mol. The van der Waals surface area contributed by atoms with Gasteiger partial charge >= 0.3 is 5.97 Å². The molecule has 1 fully saturated rings. The second-order valence-electron chi connectivity index (χ2n) is 5.97. The molecular weight excluding hydrogens is 287 g/mol. The monoisotopic (exact) mass is 310 g/mol. The van der Waals surface area contributed by atoms with Crippen LogP contribution < -0.4 is 4.74 Å². The SMILES string of the molecule is CCOC(=O)Cc1cc(C2CCOC2(C)C)cc(F)c1OC. The molecule has 1 heterocycles. The fourth-order valence-electron chi connectivity index (χ4n) is 3.06. The molecule has 2 rings (SSSR count). The summed E-state index contributed by atoms with van der Waals surface area (Å²) in [4.78, 5) is 11.7. The Balaban J connectivity index is 2.37. The number of halogens is 1. The summed E-state index contributed by atoms with van der Waals surface area (Å²) in [5, 5.41) is 0. The molecular formula is C17H23FO4. The van der Waals surface area contributed by atoms with Crippen molar-refractivity contribution in [2.24, 2.45) is 0 Å². The molecule has 0 radical (unpaired) electrons. The zero-order valence-corrected chi connectivity index (χ0v) is 13.6. The molecule has 1 saturated heterocycles. The van der Waals surface area contributed by atoms with Crippen molar-refractivity contribution in [1.82, 2.24) is 0 Å². The molecule has 0 aliphatic carbocycles. The van der Waals surface area contributed by atoms with Crippen molar-refractivity contribution in [2.75, 3.05) is 20.3 Å². The van der Waals surface area contributed by atoms with E-state index in [2.05, 4.69) is 0 Å². The van der Waals surface area contributed by atoms with E-state index < -0.39 is 5.82 Å². The highest BCUT2D eigenvalue weighted by molar-refractivity contribution is 5.73. The Morgan fingerprint density at radius 3 is 2.73 bits per heavy atom. The lowest BCUT2D eigenvalue weighted by Crippen LogP contribution is -2.25. The molecule has 0 aromatic heterocycles. The summed E-state index contributed by atoms with van der Waals surface area (Å²) < 4.78 is 30.1. The van der Waals surface area contributed by atoms with Gasteiger partial charge in [-0.1, -0.05) is 6.07 Å². The average molecular weight is 310 g/mol. The van der Waals surface area contributed by atoms with E-state index in [0.29, 0.717) is 18.8 Å². The fourth-order valence-corrected chi connectivity index (χ4v) is 3.06. The van der Waals surface area contributed by atoms with Gasteiger partial charge < -0.3 is 14.2 Å². The maximum absolute atomic E-state index is 14.3. The van der Waals surface area contributed by atoms with Crippen LogP contribution in [0.4, 0.5) is 4.39 Å². The highest BCUT2D eigenvalue weighted by Crippen LogP contribution is 2.41. The first-order valence-corrected chi connectivity index (χ1v) is 7.55. The second kappa shape index (κ2) is 6.65. The van der Waals surface area contributed by atoms with Crippen LogP contribution in [-0.4, -0.2) is 31.9 Å². The maximum atomic E-state index is 14.3. The van der Waals surface area contributed by atoms with E-state index in [1.165, 1.54) is 13.2 Å². The Bertz CT molecular complexity index is 554. The zero-order valence-electron chi connectivity index (χ0n) is 13.6. The number of carbonyl (C=O) groups excluding carboxylic acids is 1. The van der Waals surface area contributed by atoms with Crippen molar-refractivity contribution in [3.63, 3.8) is 0 Å². The molecule has 0 N–H and O–H groups in total. The lowest BCUT2D eigenvalue weighted by atomic mass is 9.83. The molecule has 0 bridgehead atoms. The highest BCUT2D eigenvalue weighted by atomic mass is 19.1. The number of hydrogen-bond acceptors (Lipinski definition) is 4. The minimum atomic E-state index is -0.456. The topological polar surface area (TPSA) is 44.8 Å². The summed E-state index contributed by atoms with van der Waals surface area (Å²) in [6.07, 6.45) is 0.827. The third-order valence-corrected chi connectivity index (χ3v) is 4.11. The first-order valence-electron chi connectivity index (χ1n) is 7.55. The van der Waals surface area contributed by atoms with Crippen molar-refractivity contribution in [2.45, 2.75) is 45.1 Å². The van der Waals surface area contributed by atoms with Gasteiger partial charge in [0.15, 0.2) is 11.6 Å². The van der Waals surface area contributed by atoms with Crippen LogP contribution in [0.3, 0.4) is 0 Å². The van der Waals surface area contributed by atoms with Gasteiger partial charge in [-0.2, -0.15) is 0 Å². The summed E-state index contributed by atoms with van der Waals surface area (Å²) in [7, 11) is 1.40. The van der Waals surface area contributed by atoms with E-state index in [1.54, 1.807) is 6.92 Å². The van der Waals surface area contributed by atoms with E-state index >= 15 is 0 Å². The number of esters is 1. The molecule has 1 aliphatic heterocycles. The Labute approximate surface area is 130 Å². The molecule has 1 atom stereocenters. The van der Waals surface area contributed by atoms with Crippen molar-refractivity contribution in [3.05, 3.63) is 29.1 Å². The van der Waals surface area contributed by atoms with Gasteiger partial charge in [-0.25, -0.2) is 4.39 Å². The van der Waals surface area contributed by atoms with Gasteiger partial charge in [0, 0.05) is 18.1 Å². The van der Waals surface area contributed by atoms with Gasteiger partial charge in [0.25, 0.3) is 0 Å². The molecule has 22 heavy (non-hydrogen) atoms. The van der Waals surface area contributed by atoms with Crippen LogP contribution in [0.1, 0.15) is 44.2 Å². The van der Waals surface area contributed by atoms with Crippen LogP contribution in [0.15, 0.2) is 12.1 Å². The minimum Gasteiger partial charge on any atom is -0.493 e. The van der Waals surface area contributed by atoms with Crippen LogP contribution in [0, 0.1) is 5.82 Å². The van der Waals surface area contributed by atoms with Crippen LogP contribution in [0.25, 0.3) is 0 Å². The van der Waals surface area contributed by atoms with Gasteiger partial charge in [-0.05, 0) is 38.8 Å². The minimum absolute atomic E-state index is 0.00419. The molecule has 5 heteroatoms. The number of methoxy groups -OCH3 is 1. The average Bonchev–Trinajstić information content (AvgIpc) is 2.78. The summed E-state index contributed by atoms with van der Waals surface area (Å²) >= 11 is 0. The van der Waals surface area contributed by atoms with Crippen LogP contribution in [-0.2, 0) is 20.7 Å². The largest absolute Gasteiger partial charge is 0.493 e. The van der Waals surface area contributed by atoms with Crippen molar-refractivity contribution in [1.29, 1.82) is 0 Å². The van der Waals surface area contributed by atoms with Gasteiger partial charge in [-0.15, -0.1) is 0 Å². The fraction of sp³-hybridized carbons (Fsp3) is 0.588. The van der Waals surface area contributed by atoms with Crippen molar-refractivity contribution < 1.29 is 23.4 Å². The zero-order chi connectivity index (χ0) is 16.3. The summed E-state index contributed by atoms with van der Waals surface area (Å²) in [6.45, 7) is 6.69. The van der Waals surface area contributed by atoms with E-state index in [-0.39, 0.29) is 29.7 Å². The quantitative estimate of drug-likeness (QED) is 0.783. The predicted octanol–water partition coefficient (Wildman–Crippen LogP) is 3.22. The number of carbonyl (C=O) groups is 1. The molecule has 1 aromatic carbocycles. The molecule has 4 nitrogen and oxygen atoms in total. The third kappa shape index (κ3) is 3.40. The number of ether oxygens (including phenoxy) is 3. The Morgan fingerprint density at radius 2 is 2.18 bits per heavy atom. The number of hydrogen-bond donors (Lipinski definition) is 0. The third-order valence-electron chi connectivity index (χ3n) is 4.11. The lowest BCUT2D eigenvalue weighted by molar-refractivity contribution is -0.142. The molecule has 0 amide bonds. The molecule has 1 aliphatic rings. The van der Waals surface area contributed by atoms with Gasteiger partial charge in [-0.3, -0.25) is 4.79 Å². The second-order valence-corrected chi connectivity index (χ2v) is 5.97. The summed E-state index contributed by atoms with van der Waals surface area (Å²) in [5.41, 5.74) is 1.00. The van der Waals surface area contributed by atoms with Gasteiger partial charge in [0.2, 0.25) is 0 Å². The molecule has 0 saturated carbocycles. The maximum Gasteiger partial charge on any atom is 0.310 e. The summed E-state index contributed by atoms with van der Waals surface area (Å²) in [5.74, 6) is -0.649. The lowest BCUT2D eigenvalue weighted by Gasteiger charge is -2.27. The van der Waals surface area contributed by atoms with Gasteiger partial charge in [0.05, 0.1) is 25.7 Å². The number of rotatable bonds is 5. The number of benzene rings is 1. The molecule has 122 valence electrons. The molecule has 1 aromatic rings. The standard InChI is InChI=1S/C17H23FO4/c1-5-21-15(19)10-12-8-11(9-14(18)16(12)20-4)13-6-7-22-17(13,2)3/h8-9,13H,5-7,10H2,1-4H3. The van der Waals surface area contributed by atoms with E-state index in [1.807, 2.05) is 19.9 Å². The van der Waals surface area contributed by atoms with Crippen molar-refractivity contribution in [3.8, 4) is 5.75 Å². The molecule has 0 spiro atoms. The van der Waals surface area contributed by atoms with Crippen molar-refractivity contribution >= 4 is 5.97 Å². The first kappa shape index (κ1) is 16.7.